The van der Waals surface area contributed by atoms with Gasteiger partial charge in [-0.15, -0.1) is 0 Å². The second-order valence-electron chi connectivity index (χ2n) is 3.43. The van der Waals surface area contributed by atoms with Crippen LogP contribution in [0.3, 0.4) is 0 Å². The molecule has 0 spiro atoms. The summed E-state index contributed by atoms with van der Waals surface area (Å²) in [6.45, 7) is 0.662. The fourth-order valence-electron chi connectivity index (χ4n) is 1.31. The van der Waals surface area contributed by atoms with E-state index in [2.05, 4.69) is 15.6 Å². The number of hydrogen-bond donors (Lipinski definition) is 3. The van der Waals surface area contributed by atoms with E-state index in [4.69, 9.17) is 5.11 Å². The number of aromatic nitrogens is 1. The van der Waals surface area contributed by atoms with E-state index in [0.29, 0.717) is 18.8 Å². The van der Waals surface area contributed by atoms with Crippen LogP contribution < -0.4 is 10.6 Å². The van der Waals surface area contributed by atoms with Gasteiger partial charge in [-0.1, -0.05) is 0 Å². The number of nitrogens with zero attached hydrogens (tertiary/aromatic N) is 2. The van der Waals surface area contributed by atoms with Crippen LogP contribution in [0, 0.1) is 10.1 Å². The van der Waals surface area contributed by atoms with E-state index in [1.165, 1.54) is 6.07 Å². The topological polar surface area (TPSA) is 100 Å². The van der Waals surface area contributed by atoms with E-state index in [-0.39, 0.29) is 18.1 Å². The lowest BCUT2D eigenvalue weighted by atomic mass is 10.3. The van der Waals surface area contributed by atoms with Gasteiger partial charge in [0.25, 0.3) is 0 Å². The molecule has 0 aliphatic rings. The zero-order valence-electron chi connectivity index (χ0n) is 9.64. The maximum Gasteiger partial charge on any atom is 0.311 e. The lowest BCUT2D eigenvalue weighted by molar-refractivity contribution is -0.384. The monoisotopic (exact) mass is 240 g/mol. The van der Waals surface area contributed by atoms with Crippen LogP contribution in [0.4, 0.5) is 17.3 Å². The van der Waals surface area contributed by atoms with Gasteiger partial charge in [0.15, 0.2) is 0 Å². The van der Waals surface area contributed by atoms with Gasteiger partial charge in [0.2, 0.25) is 5.82 Å². The highest BCUT2D eigenvalue weighted by Crippen LogP contribution is 2.23. The lowest BCUT2D eigenvalue weighted by Gasteiger charge is -2.07. The molecule has 0 saturated heterocycles. The van der Waals surface area contributed by atoms with Crippen molar-refractivity contribution in [2.24, 2.45) is 0 Å². The van der Waals surface area contributed by atoms with Gasteiger partial charge < -0.3 is 15.7 Å². The Bertz CT molecular complexity index is 384. The van der Waals surface area contributed by atoms with Crippen molar-refractivity contribution in [3.63, 3.8) is 0 Å². The second-order valence-corrected chi connectivity index (χ2v) is 3.43. The summed E-state index contributed by atoms with van der Waals surface area (Å²) in [6, 6.07) is 2.96. The third-order valence-corrected chi connectivity index (χ3v) is 2.20. The van der Waals surface area contributed by atoms with Crippen molar-refractivity contribution in [2.75, 3.05) is 30.8 Å². The fraction of sp³-hybridized carbons (Fsp3) is 0.500. The molecule has 7 heteroatoms. The molecule has 0 fully saturated rings. The molecule has 0 saturated carbocycles. The highest BCUT2D eigenvalue weighted by atomic mass is 16.6. The van der Waals surface area contributed by atoms with Crippen LogP contribution in [0.5, 0.6) is 0 Å². The zero-order valence-corrected chi connectivity index (χ0v) is 9.64. The summed E-state index contributed by atoms with van der Waals surface area (Å²) in [7, 11) is 1.70. The van der Waals surface area contributed by atoms with Crippen LogP contribution in [-0.2, 0) is 0 Å². The molecule has 1 heterocycles. The van der Waals surface area contributed by atoms with Crippen molar-refractivity contribution < 1.29 is 10.0 Å². The van der Waals surface area contributed by atoms with E-state index >= 15 is 0 Å². The molecule has 1 rings (SSSR count). The first-order chi connectivity index (χ1) is 8.19. The van der Waals surface area contributed by atoms with Gasteiger partial charge in [-0.2, -0.15) is 0 Å². The van der Waals surface area contributed by atoms with Gasteiger partial charge in [0.1, 0.15) is 5.82 Å². The normalized spacial score (nSPS) is 10.0. The average molecular weight is 240 g/mol. The minimum atomic E-state index is -0.471. The SMILES string of the molecule is CNc1ccc([N+](=O)[O-])c(NCCCCO)n1. The summed E-state index contributed by atoms with van der Waals surface area (Å²) in [5.74, 6) is 0.819. The highest BCUT2D eigenvalue weighted by Gasteiger charge is 2.15. The van der Waals surface area contributed by atoms with Crippen molar-refractivity contribution >= 4 is 17.3 Å². The zero-order chi connectivity index (χ0) is 12.7. The Kier molecular flexibility index (Phi) is 5.15. The van der Waals surface area contributed by atoms with Crippen molar-refractivity contribution in [3.05, 3.63) is 22.2 Å². The molecule has 0 amide bonds. The van der Waals surface area contributed by atoms with Crippen LogP contribution >= 0.6 is 0 Å². The Morgan fingerprint density at radius 1 is 1.47 bits per heavy atom. The van der Waals surface area contributed by atoms with E-state index in [0.717, 1.165) is 6.42 Å². The number of pyridine rings is 1. The Hall–Kier alpha value is -1.89. The molecule has 0 unspecified atom stereocenters. The van der Waals surface area contributed by atoms with Gasteiger partial charge in [-0.3, -0.25) is 10.1 Å². The molecular weight excluding hydrogens is 224 g/mol. The smallest absolute Gasteiger partial charge is 0.311 e. The largest absolute Gasteiger partial charge is 0.396 e. The maximum absolute atomic E-state index is 10.8. The summed E-state index contributed by atoms with van der Waals surface area (Å²) >= 11 is 0. The number of nitro groups is 1. The Morgan fingerprint density at radius 3 is 2.82 bits per heavy atom. The van der Waals surface area contributed by atoms with Crippen LogP contribution in [-0.4, -0.2) is 35.2 Å². The van der Waals surface area contributed by atoms with E-state index in [1.807, 2.05) is 0 Å². The molecule has 0 aliphatic heterocycles. The molecule has 1 aromatic rings. The van der Waals surface area contributed by atoms with Crippen molar-refractivity contribution in [2.45, 2.75) is 12.8 Å². The minimum absolute atomic E-state index is 0.0481. The van der Waals surface area contributed by atoms with E-state index < -0.39 is 4.92 Å². The maximum atomic E-state index is 10.8. The number of hydrogen-bond acceptors (Lipinski definition) is 6. The van der Waals surface area contributed by atoms with Crippen molar-refractivity contribution in [1.29, 1.82) is 0 Å². The fourth-order valence-corrected chi connectivity index (χ4v) is 1.31. The van der Waals surface area contributed by atoms with Gasteiger partial charge in [-0.25, -0.2) is 4.98 Å². The molecule has 17 heavy (non-hydrogen) atoms. The molecule has 94 valence electrons. The summed E-state index contributed by atoms with van der Waals surface area (Å²) in [5, 5.41) is 25.1. The Balaban J connectivity index is 2.75. The third kappa shape index (κ3) is 3.87. The first-order valence-corrected chi connectivity index (χ1v) is 5.37. The van der Waals surface area contributed by atoms with Crippen LogP contribution in [0.15, 0.2) is 12.1 Å². The van der Waals surface area contributed by atoms with Crippen molar-refractivity contribution in [3.8, 4) is 0 Å². The summed E-state index contributed by atoms with van der Waals surface area (Å²) in [4.78, 5) is 14.4. The average Bonchev–Trinajstić information content (AvgIpc) is 2.34. The molecule has 3 N–H and O–H groups in total. The summed E-state index contributed by atoms with van der Waals surface area (Å²) in [5.41, 5.74) is -0.0481. The molecule has 0 atom stereocenters. The standard InChI is InChI=1S/C10H16N4O3/c1-11-9-5-4-8(14(16)17)10(13-9)12-6-2-3-7-15/h4-5,15H,2-3,6-7H2,1H3,(H2,11,12,13). The van der Waals surface area contributed by atoms with E-state index in [9.17, 15) is 10.1 Å². The van der Waals surface area contributed by atoms with Gasteiger partial charge in [0, 0.05) is 26.3 Å². The number of nitrogens with one attached hydrogen (secondary N) is 2. The van der Waals surface area contributed by atoms with Gasteiger partial charge in [-0.05, 0) is 18.9 Å². The second kappa shape index (κ2) is 6.64. The molecule has 0 radical (unpaired) electrons. The minimum Gasteiger partial charge on any atom is -0.396 e. The van der Waals surface area contributed by atoms with E-state index in [1.54, 1.807) is 13.1 Å². The predicted octanol–water partition coefficient (Wildman–Crippen LogP) is 1.22. The Morgan fingerprint density at radius 2 is 2.24 bits per heavy atom. The summed E-state index contributed by atoms with van der Waals surface area (Å²) < 4.78 is 0. The third-order valence-electron chi connectivity index (χ3n) is 2.20. The summed E-state index contributed by atoms with van der Waals surface area (Å²) in [6.07, 6.45) is 1.39. The number of aliphatic hydroxyl groups is 1. The quantitative estimate of drug-likeness (QED) is 0.376. The van der Waals surface area contributed by atoms with Crippen molar-refractivity contribution in [1.82, 2.24) is 4.98 Å². The Labute approximate surface area is 99.0 Å². The van der Waals surface area contributed by atoms with Gasteiger partial charge in [0.05, 0.1) is 4.92 Å². The van der Waals surface area contributed by atoms with Crippen LogP contribution in [0.1, 0.15) is 12.8 Å². The molecule has 0 aromatic carbocycles. The highest BCUT2D eigenvalue weighted by molar-refractivity contribution is 5.60. The number of aliphatic hydroxyl groups excluding tert-OH is 1. The molecule has 0 bridgehead atoms. The predicted molar refractivity (Wildman–Crippen MR) is 65.2 cm³/mol. The first-order valence-electron chi connectivity index (χ1n) is 5.37. The molecule has 7 nitrogen and oxygen atoms in total. The first kappa shape index (κ1) is 13.2. The number of unbranched alkanes of at least 4 members (excludes halogenated alkanes) is 1. The lowest BCUT2D eigenvalue weighted by Crippen LogP contribution is -2.08. The van der Waals surface area contributed by atoms with Crippen LogP contribution in [0.2, 0.25) is 0 Å². The number of rotatable bonds is 7. The number of anilines is 2. The molecule has 0 aliphatic carbocycles. The van der Waals surface area contributed by atoms with Gasteiger partial charge >= 0.3 is 5.69 Å². The molecule has 1 aromatic heterocycles. The van der Waals surface area contributed by atoms with Crippen LogP contribution in [0.25, 0.3) is 0 Å². The molecular formula is C10H16N4O3.